The van der Waals surface area contributed by atoms with Crippen LogP contribution < -0.4 is 10.1 Å². The number of ether oxygens (including phenoxy) is 2. The Labute approximate surface area is 118 Å². The van der Waals surface area contributed by atoms with E-state index in [4.69, 9.17) is 4.74 Å². The van der Waals surface area contributed by atoms with Crippen LogP contribution in [0.2, 0.25) is 0 Å². The van der Waals surface area contributed by atoms with Crippen molar-refractivity contribution in [1.29, 1.82) is 0 Å². The first-order valence-electron chi connectivity index (χ1n) is 6.32. The maximum Gasteiger partial charge on any atom is 0.343 e. The molecule has 1 amide bonds. The highest BCUT2D eigenvalue weighted by Gasteiger charge is 2.00. The van der Waals surface area contributed by atoms with Gasteiger partial charge in [-0.2, -0.15) is 0 Å². The van der Waals surface area contributed by atoms with Crippen LogP contribution in [0, 0.1) is 0 Å². The number of esters is 1. The lowest BCUT2D eigenvalue weighted by Gasteiger charge is -2.04. The number of hydrogen-bond acceptors (Lipinski definition) is 4. The van der Waals surface area contributed by atoms with Gasteiger partial charge in [0.25, 0.3) is 0 Å². The van der Waals surface area contributed by atoms with Crippen LogP contribution in [0.5, 0.6) is 5.75 Å². The first-order chi connectivity index (χ1) is 9.61. The average molecular weight is 277 g/mol. The molecule has 0 spiro atoms. The Kier molecular flexibility index (Phi) is 6.89. The van der Waals surface area contributed by atoms with Crippen LogP contribution in [-0.4, -0.2) is 32.1 Å². The third-order valence-corrected chi connectivity index (χ3v) is 2.46. The van der Waals surface area contributed by atoms with Crippen molar-refractivity contribution in [2.24, 2.45) is 0 Å². The number of rotatable bonds is 7. The molecule has 0 aliphatic rings. The number of hydrogen-bond donors (Lipinski definition) is 1. The molecule has 1 aromatic rings. The molecular weight excluding hydrogens is 258 g/mol. The molecule has 5 nitrogen and oxygen atoms in total. The fraction of sp³-hybridized carbons (Fsp3) is 0.333. The Morgan fingerprint density at radius 1 is 1.25 bits per heavy atom. The van der Waals surface area contributed by atoms with Crippen LogP contribution >= 0.6 is 0 Å². The van der Waals surface area contributed by atoms with Crippen molar-refractivity contribution < 1.29 is 19.1 Å². The van der Waals surface area contributed by atoms with E-state index >= 15 is 0 Å². The zero-order valence-corrected chi connectivity index (χ0v) is 11.7. The van der Waals surface area contributed by atoms with Gasteiger partial charge in [0.05, 0.1) is 7.11 Å². The van der Waals surface area contributed by atoms with Gasteiger partial charge in [-0.3, -0.25) is 4.79 Å². The smallest absolute Gasteiger partial charge is 0.343 e. The summed E-state index contributed by atoms with van der Waals surface area (Å²) in [5.74, 6) is 0.184. The minimum Gasteiger partial charge on any atom is -0.482 e. The van der Waals surface area contributed by atoms with Crippen LogP contribution in [0.15, 0.2) is 30.3 Å². The predicted octanol–water partition coefficient (Wildman–Crippen LogP) is 1.78. The first kappa shape index (κ1) is 15.8. The summed E-state index contributed by atoms with van der Waals surface area (Å²) >= 11 is 0. The third-order valence-electron chi connectivity index (χ3n) is 2.46. The second-order valence-electron chi connectivity index (χ2n) is 4.11. The fourth-order valence-electron chi connectivity index (χ4n) is 1.43. The Balaban J connectivity index is 2.36. The molecule has 20 heavy (non-hydrogen) atoms. The standard InChI is InChI=1S/C15H19NO4/c1-12(17)16-10-4-3-5-13-6-8-14(9-7-13)20-11-15(18)19-2/h3,5-9H,4,10-11H2,1-2H3,(H,16,17). The molecule has 1 aromatic carbocycles. The van der Waals surface area contributed by atoms with Crippen molar-refractivity contribution >= 4 is 18.0 Å². The normalized spacial score (nSPS) is 10.3. The number of amides is 1. The minimum absolute atomic E-state index is 0.0227. The topological polar surface area (TPSA) is 64.6 Å². The third kappa shape index (κ3) is 6.58. The molecule has 0 aliphatic heterocycles. The summed E-state index contributed by atoms with van der Waals surface area (Å²) in [6, 6.07) is 7.36. The average Bonchev–Trinajstić information content (AvgIpc) is 2.45. The van der Waals surface area contributed by atoms with E-state index in [2.05, 4.69) is 10.1 Å². The lowest BCUT2D eigenvalue weighted by Crippen LogP contribution is -2.20. The van der Waals surface area contributed by atoms with E-state index < -0.39 is 5.97 Å². The van der Waals surface area contributed by atoms with Gasteiger partial charge in [0, 0.05) is 13.5 Å². The number of nitrogens with one attached hydrogen (secondary N) is 1. The Morgan fingerprint density at radius 2 is 1.95 bits per heavy atom. The van der Waals surface area contributed by atoms with Crippen LogP contribution in [0.25, 0.3) is 6.08 Å². The van der Waals surface area contributed by atoms with Gasteiger partial charge in [-0.1, -0.05) is 24.3 Å². The summed E-state index contributed by atoms with van der Waals surface area (Å²) in [6.07, 6.45) is 4.73. The largest absolute Gasteiger partial charge is 0.482 e. The summed E-state index contributed by atoms with van der Waals surface area (Å²) < 4.78 is 9.72. The van der Waals surface area contributed by atoms with E-state index in [0.717, 1.165) is 12.0 Å². The highest BCUT2D eigenvalue weighted by atomic mass is 16.6. The molecule has 1 N–H and O–H groups in total. The molecule has 0 radical (unpaired) electrons. The number of methoxy groups -OCH3 is 1. The molecule has 0 heterocycles. The minimum atomic E-state index is -0.410. The Morgan fingerprint density at radius 3 is 2.55 bits per heavy atom. The molecule has 5 heteroatoms. The highest BCUT2D eigenvalue weighted by Crippen LogP contribution is 2.13. The number of benzene rings is 1. The van der Waals surface area contributed by atoms with Crippen molar-refractivity contribution in [3.05, 3.63) is 35.9 Å². The van der Waals surface area contributed by atoms with E-state index in [1.165, 1.54) is 14.0 Å². The zero-order valence-electron chi connectivity index (χ0n) is 11.7. The molecule has 1 rings (SSSR count). The second kappa shape index (κ2) is 8.74. The number of carbonyl (C=O) groups excluding carboxylic acids is 2. The summed E-state index contributed by atoms with van der Waals surface area (Å²) in [7, 11) is 1.32. The van der Waals surface area contributed by atoms with Crippen molar-refractivity contribution in [2.75, 3.05) is 20.3 Å². The van der Waals surface area contributed by atoms with Gasteiger partial charge in [0.15, 0.2) is 6.61 Å². The van der Waals surface area contributed by atoms with Crippen LogP contribution in [0.1, 0.15) is 18.9 Å². The molecule has 0 saturated heterocycles. The molecule has 0 atom stereocenters. The maximum atomic E-state index is 10.9. The van der Waals surface area contributed by atoms with Gasteiger partial charge in [0.1, 0.15) is 5.75 Å². The Hall–Kier alpha value is -2.30. The number of carbonyl (C=O) groups is 2. The van der Waals surface area contributed by atoms with E-state index in [0.29, 0.717) is 12.3 Å². The van der Waals surface area contributed by atoms with Crippen LogP contribution in [0.4, 0.5) is 0 Å². The molecule has 0 bridgehead atoms. The molecule has 0 aliphatic carbocycles. The van der Waals surface area contributed by atoms with E-state index in [-0.39, 0.29) is 12.5 Å². The monoisotopic (exact) mass is 277 g/mol. The first-order valence-corrected chi connectivity index (χ1v) is 6.32. The quantitative estimate of drug-likeness (QED) is 0.609. The Bertz CT molecular complexity index is 465. The lowest BCUT2D eigenvalue weighted by atomic mass is 10.2. The van der Waals surface area contributed by atoms with E-state index in [1.54, 1.807) is 12.1 Å². The van der Waals surface area contributed by atoms with Gasteiger partial charge in [-0.25, -0.2) is 4.79 Å². The summed E-state index contributed by atoms with van der Waals surface area (Å²) in [5.41, 5.74) is 1.03. The zero-order chi connectivity index (χ0) is 14.8. The van der Waals surface area contributed by atoms with Crippen molar-refractivity contribution in [3.63, 3.8) is 0 Å². The van der Waals surface area contributed by atoms with Gasteiger partial charge in [-0.05, 0) is 24.1 Å². The molecule has 0 saturated carbocycles. The fourth-order valence-corrected chi connectivity index (χ4v) is 1.43. The van der Waals surface area contributed by atoms with E-state index in [9.17, 15) is 9.59 Å². The van der Waals surface area contributed by atoms with E-state index in [1.807, 2.05) is 24.3 Å². The molecule has 0 aromatic heterocycles. The summed E-state index contributed by atoms with van der Waals surface area (Å²) in [6.45, 7) is 2.03. The van der Waals surface area contributed by atoms with Gasteiger partial charge in [-0.15, -0.1) is 0 Å². The summed E-state index contributed by atoms with van der Waals surface area (Å²) in [5, 5.41) is 2.72. The molecule has 0 unspecified atom stereocenters. The predicted molar refractivity (Wildman–Crippen MR) is 76.3 cm³/mol. The van der Waals surface area contributed by atoms with Crippen molar-refractivity contribution in [1.82, 2.24) is 5.32 Å². The van der Waals surface area contributed by atoms with Gasteiger partial charge in [0.2, 0.25) is 5.91 Å². The second-order valence-corrected chi connectivity index (χ2v) is 4.11. The van der Waals surface area contributed by atoms with Gasteiger partial charge >= 0.3 is 5.97 Å². The van der Waals surface area contributed by atoms with Crippen LogP contribution in [-0.2, 0) is 14.3 Å². The maximum absolute atomic E-state index is 10.9. The van der Waals surface area contributed by atoms with Crippen LogP contribution in [0.3, 0.4) is 0 Å². The van der Waals surface area contributed by atoms with Gasteiger partial charge < -0.3 is 14.8 Å². The highest BCUT2D eigenvalue weighted by molar-refractivity contribution is 5.72. The molecular formula is C15H19NO4. The summed E-state index contributed by atoms with van der Waals surface area (Å²) in [4.78, 5) is 21.6. The molecule has 108 valence electrons. The van der Waals surface area contributed by atoms with Crippen molar-refractivity contribution in [3.8, 4) is 5.75 Å². The molecule has 0 fully saturated rings. The van der Waals surface area contributed by atoms with Crippen molar-refractivity contribution in [2.45, 2.75) is 13.3 Å². The lowest BCUT2D eigenvalue weighted by molar-refractivity contribution is -0.142. The SMILES string of the molecule is COC(=O)COc1ccc(C=CCCNC(C)=O)cc1.